The Labute approximate surface area is 108 Å². The number of likely N-dealkylation sites (tertiary alicyclic amines) is 1. The van der Waals surface area contributed by atoms with Gasteiger partial charge >= 0.3 is 0 Å². The van der Waals surface area contributed by atoms with Crippen molar-refractivity contribution < 1.29 is 5.11 Å². The molecule has 5 heteroatoms. The Morgan fingerprint density at radius 1 is 1.33 bits per heavy atom. The van der Waals surface area contributed by atoms with Gasteiger partial charge in [-0.15, -0.1) is 0 Å². The molecule has 1 saturated heterocycles. The molecular weight excluding hydrogens is 228 g/mol. The molecule has 0 radical (unpaired) electrons. The SMILES string of the molecule is CN(C)c1cncc(C2CCN(CCO)CC2)n1. The summed E-state index contributed by atoms with van der Waals surface area (Å²) in [5.74, 6) is 1.43. The van der Waals surface area contributed by atoms with Crippen LogP contribution in [0, 0.1) is 0 Å². The topological polar surface area (TPSA) is 52.5 Å². The van der Waals surface area contributed by atoms with Crippen LogP contribution in [0.1, 0.15) is 24.5 Å². The highest BCUT2D eigenvalue weighted by atomic mass is 16.3. The van der Waals surface area contributed by atoms with E-state index >= 15 is 0 Å². The van der Waals surface area contributed by atoms with Gasteiger partial charge in [-0.05, 0) is 25.9 Å². The van der Waals surface area contributed by atoms with E-state index in [1.54, 1.807) is 6.20 Å². The molecule has 0 bridgehead atoms. The predicted molar refractivity (Wildman–Crippen MR) is 71.9 cm³/mol. The van der Waals surface area contributed by atoms with Crippen LogP contribution in [0.5, 0.6) is 0 Å². The minimum absolute atomic E-state index is 0.251. The fourth-order valence-electron chi connectivity index (χ4n) is 2.38. The zero-order valence-electron chi connectivity index (χ0n) is 11.2. The van der Waals surface area contributed by atoms with E-state index in [2.05, 4.69) is 14.9 Å². The second kappa shape index (κ2) is 6.11. The predicted octanol–water partition coefficient (Wildman–Crippen LogP) is 0.714. The normalized spacial score (nSPS) is 17.9. The molecular formula is C13H22N4O. The standard InChI is InChI=1S/C13H22N4O/c1-16(2)13-10-14-9-12(15-13)11-3-5-17(6-4-11)7-8-18/h9-11,18H,3-8H2,1-2H3. The second-order valence-corrected chi connectivity index (χ2v) is 5.04. The Balaban J connectivity index is 1.98. The molecule has 1 fully saturated rings. The summed E-state index contributed by atoms with van der Waals surface area (Å²) in [6.07, 6.45) is 5.89. The van der Waals surface area contributed by atoms with Crippen LogP contribution in [-0.4, -0.2) is 60.3 Å². The lowest BCUT2D eigenvalue weighted by atomic mass is 9.94. The molecule has 1 aliphatic rings. The lowest BCUT2D eigenvalue weighted by Gasteiger charge is -2.31. The molecule has 18 heavy (non-hydrogen) atoms. The van der Waals surface area contributed by atoms with Crippen LogP contribution < -0.4 is 4.90 Å². The number of aliphatic hydroxyl groups is 1. The molecule has 0 aromatic carbocycles. The van der Waals surface area contributed by atoms with Gasteiger partial charge in [0.25, 0.3) is 0 Å². The maximum absolute atomic E-state index is 8.93. The second-order valence-electron chi connectivity index (χ2n) is 5.04. The summed E-state index contributed by atoms with van der Waals surface area (Å²) >= 11 is 0. The first-order chi connectivity index (χ1) is 8.70. The van der Waals surface area contributed by atoms with Gasteiger partial charge in [0.1, 0.15) is 5.82 Å². The van der Waals surface area contributed by atoms with E-state index in [1.807, 2.05) is 25.2 Å². The van der Waals surface area contributed by atoms with Crippen LogP contribution in [0.2, 0.25) is 0 Å². The Bertz CT molecular complexity index is 375. The Kier molecular flexibility index (Phi) is 4.49. The molecule has 0 atom stereocenters. The largest absolute Gasteiger partial charge is 0.395 e. The smallest absolute Gasteiger partial charge is 0.146 e. The van der Waals surface area contributed by atoms with Crippen LogP contribution in [0.15, 0.2) is 12.4 Å². The maximum atomic E-state index is 8.93. The van der Waals surface area contributed by atoms with Gasteiger partial charge in [0, 0.05) is 32.8 Å². The molecule has 0 aliphatic carbocycles. The molecule has 1 aliphatic heterocycles. The molecule has 0 amide bonds. The number of hydrogen-bond acceptors (Lipinski definition) is 5. The van der Waals surface area contributed by atoms with Gasteiger partial charge < -0.3 is 14.9 Å². The molecule has 0 spiro atoms. The lowest BCUT2D eigenvalue weighted by Crippen LogP contribution is -2.35. The third-order valence-corrected chi connectivity index (χ3v) is 3.52. The van der Waals surface area contributed by atoms with Gasteiger partial charge in [-0.3, -0.25) is 4.98 Å². The first kappa shape index (κ1) is 13.2. The van der Waals surface area contributed by atoms with Crippen molar-refractivity contribution in [2.75, 3.05) is 45.2 Å². The van der Waals surface area contributed by atoms with Gasteiger partial charge in [0.2, 0.25) is 0 Å². The van der Waals surface area contributed by atoms with E-state index < -0.39 is 0 Å². The van der Waals surface area contributed by atoms with Crippen molar-refractivity contribution in [3.8, 4) is 0 Å². The number of aromatic nitrogens is 2. The number of aliphatic hydroxyl groups excluding tert-OH is 1. The van der Waals surface area contributed by atoms with Gasteiger partial charge in [0.05, 0.1) is 18.5 Å². The van der Waals surface area contributed by atoms with Crippen LogP contribution in [-0.2, 0) is 0 Å². The number of nitrogens with zero attached hydrogens (tertiary/aromatic N) is 4. The first-order valence-corrected chi connectivity index (χ1v) is 6.53. The molecule has 1 aromatic heterocycles. The zero-order chi connectivity index (χ0) is 13.0. The molecule has 0 unspecified atom stereocenters. The molecule has 100 valence electrons. The van der Waals surface area contributed by atoms with Crippen LogP contribution in [0.4, 0.5) is 5.82 Å². The Morgan fingerprint density at radius 2 is 2.06 bits per heavy atom. The minimum atomic E-state index is 0.251. The molecule has 2 rings (SSSR count). The average Bonchev–Trinajstić information content (AvgIpc) is 2.40. The van der Waals surface area contributed by atoms with Gasteiger partial charge in [-0.25, -0.2) is 4.98 Å². The number of piperidine rings is 1. The molecule has 1 aromatic rings. The zero-order valence-corrected chi connectivity index (χ0v) is 11.2. The Hall–Kier alpha value is -1.20. The Morgan fingerprint density at radius 3 is 2.67 bits per heavy atom. The first-order valence-electron chi connectivity index (χ1n) is 6.53. The highest BCUT2D eigenvalue weighted by Gasteiger charge is 2.21. The average molecular weight is 250 g/mol. The van der Waals surface area contributed by atoms with Gasteiger partial charge in [-0.1, -0.05) is 0 Å². The number of β-amino-alcohol motifs (C(OH)–C–C–N with tert-alkyl or cyclic N) is 1. The summed E-state index contributed by atoms with van der Waals surface area (Å²) < 4.78 is 0. The van der Waals surface area contributed by atoms with Gasteiger partial charge in [0.15, 0.2) is 0 Å². The van der Waals surface area contributed by atoms with Crippen molar-refractivity contribution in [3.05, 3.63) is 18.1 Å². The highest BCUT2D eigenvalue weighted by Crippen LogP contribution is 2.26. The lowest BCUT2D eigenvalue weighted by molar-refractivity contribution is 0.163. The van der Waals surface area contributed by atoms with E-state index in [1.165, 1.54) is 0 Å². The van der Waals surface area contributed by atoms with E-state index in [-0.39, 0.29) is 6.61 Å². The van der Waals surface area contributed by atoms with Crippen LogP contribution >= 0.6 is 0 Å². The van der Waals surface area contributed by atoms with Crippen molar-refractivity contribution in [1.82, 2.24) is 14.9 Å². The molecule has 0 saturated carbocycles. The summed E-state index contributed by atoms with van der Waals surface area (Å²) in [7, 11) is 3.97. The van der Waals surface area contributed by atoms with Crippen molar-refractivity contribution in [2.45, 2.75) is 18.8 Å². The number of rotatable bonds is 4. The van der Waals surface area contributed by atoms with Crippen molar-refractivity contribution in [1.29, 1.82) is 0 Å². The summed E-state index contributed by atoms with van der Waals surface area (Å²) in [4.78, 5) is 13.2. The van der Waals surface area contributed by atoms with Gasteiger partial charge in [-0.2, -0.15) is 0 Å². The number of hydrogen-bond donors (Lipinski definition) is 1. The van der Waals surface area contributed by atoms with E-state index in [9.17, 15) is 0 Å². The summed E-state index contributed by atoms with van der Waals surface area (Å²) in [5.41, 5.74) is 1.10. The van der Waals surface area contributed by atoms with Crippen molar-refractivity contribution in [2.24, 2.45) is 0 Å². The quantitative estimate of drug-likeness (QED) is 0.853. The fraction of sp³-hybridized carbons (Fsp3) is 0.692. The molecule has 2 heterocycles. The van der Waals surface area contributed by atoms with E-state index in [0.29, 0.717) is 5.92 Å². The van der Waals surface area contributed by atoms with E-state index in [0.717, 1.165) is 44.0 Å². The summed E-state index contributed by atoms with van der Waals surface area (Å²) in [6, 6.07) is 0. The van der Waals surface area contributed by atoms with E-state index in [4.69, 9.17) is 5.11 Å². The molecule has 1 N–H and O–H groups in total. The third kappa shape index (κ3) is 3.17. The van der Waals surface area contributed by atoms with Crippen molar-refractivity contribution in [3.63, 3.8) is 0 Å². The summed E-state index contributed by atoms with van der Waals surface area (Å²) in [6.45, 7) is 3.12. The summed E-state index contributed by atoms with van der Waals surface area (Å²) in [5, 5.41) is 8.93. The highest BCUT2D eigenvalue weighted by molar-refractivity contribution is 5.34. The maximum Gasteiger partial charge on any atom is 0.146 e. The minimum Gasteiger partial charge on any atom is -0.395 e. The monoisotopic (exact) mass is 250 g/mol. The van der Waals surface area contributed by atoms with Crippen LogP contribution in [0.25, 0.3) is 0 Å². The fourth-order valence-corrected chi connectivity index (χ4v) is 2.38. The third-order valence-electron chi connectivity index (χ3n) is 3.52. The molecule has 5 nitrogen and oxygen atoms in total. The van der Waals surface area contributed by atoms with Crippen LogP contribution in [0.3, 0.4) is 0 Å². The van der Waals surface area contributed by atoms with Crippen molar-refractivity contribution >= 4 is 5.82 Å². The number of anilines is 1.